The average molecular weight is 288 g/mol. The van der Waals surface area contributed by atoms with Gasteiger partial charge in [0.05, 0.1) is 10.5 Å². The van der Waals surface area contributed by atoms with Crippen molar-refractivity contribution < 1.29 is 0 Å². The van der Waals surface area contributed by atoms with Gasteiger partial charge in [0.25, 0.3) is 5.56 Å². The zero-order valence-electron chi connectivity index (χ0n) is 7.97. The van der Waals surface area contributed by atoms with Crippen molar-refractivity contribution in [3.8, 4) is 0 Å². The first-order chi connectivity index (χ1) is 7.13. The number of halogens is 2. The van der Waals surface area contributed by atoms with Crippen LogP contribution in [0, 0.1) is 0 Å². The predicted octanol–water partition coefficient (Wildman–Crippen LogP) is 2.90. The summed E-state index contributed by atoms with van der Waals surface area (Å²) in [6, 6.07) is 1.89. The standard InChI is InChI=1S/C10H8BrClN2O/c1-2-5-3-6-9(13-4-5)8(12)7(11)10(15)14-6/h3-4H,2H2,1H3,(H,14,15). The van der Waals surface area contributed by atoms with E-state index in [0.29, 0.717) is 20.5 Å². The molecule has 2 rings (SSSR count). The second-order valence-electron chi connectivity index (χ2n) is 3.18. The topological polar surface area (TPSA) is 45.8 Å². The molecule has 5 heteroatoms. The summed E-state index contributed by atoms with van der Waals surface area (Å²) in [7, 11) is 0. The zero-order chi connectivity index (χ0) is 11.0. The first-order valence-electron chi connectivity index (χ1n) is 4.49. The third kappa shape index (κ3) is 1.79. The molecule has 1 N–H and O–H groups in total. The lowest BCUT2D eigenvalue weighted by molar-refractivity contribution is 1.11. The number of aromatic nitrogens is 2. The fourth-order valence-corrected chi connectivity index (χ4v) is 1.88. The Morgan fingerprint density at radius 3 is 3.00 bits per heavy atom. The molecule has 0 aliphatic carbocycles. The Morgan fingerprint density at radius 2 is 2.33 bits per heavy atom. The number of pyridine rings is 2. The van der Waals surface area contributed by atoms with Crippen molar-refractivity contribution in [1.29, 1.82) is 0 Å². The van der Waals surface area contributed by atoms with Crippen LogP contribution in [0.2, 0.25) is 5.02 Å². The number of nitrogens with one attached hydrogen (secondary N) is 1. The minimum Gasteiger partial charge on any atom is -0.320 e. The summed E-state index contributed by atoms with van der Waals surface area (Å²) in [6.07, 6.45) is 2.64. The summed E-state index contributed by atoms with van der Waals surface area (Å²) in [5.74, 6) is 0. The van der Waals surface area contributed by atoms with Gasteiger partial charge in [0.1, 0.15) is 9.99 Å². The maximum Gasteiger partial charge on any atom is 0.264 e. The van der Waals surface area contributed by atoms with Crippen LogP contribution in [0.25, 0.3) is 11.0 Å². The van der Waals surface area contributed by atoms with Crippen molar-refractivity contribution in [2.75, 3.05) is 0 Å². The molecule has 78 valence electrons. The Hall–Kier alpha value is -0.870. The number of H-pyrrole nitrogens is 1. The molecule has 0 fully saturated rings. The highest BCUT2D eigenvalue weighted by atomic mass is 79.9. The van der Waals surface area contributed by atoms with E-state index in [0.717, 1.165) is 12.0 Å². The van der Waals surface area contributed by atoms with E-state index in [4.69, 9.17) is 11.6 Å². The van der Waals surface area contributed by atoms with Crippen LogP contribution >= 0.6 is 27.5 Å². The van der Waals surface area contributed by atoms with Gasteiger partial charge >= 0.3 is 0 Å². The van der Waals surface area contributed by atoms with Crippen molar-refractivity contribution >= 4 is 38.6 Å². The van der Waals surface area contributed by atoms with Crippen LogP contribution in [0.15, 0.2) is 21.5 Å². The van der Waals surface area contributed by atoms with E-state index in [1.54, 1.807) is 6.20 Å². The van der Waals surface area contributed by atoms with E-state index in [1.165, 1.54) is 0 Å². The van der Waals surface area contributed by atoms with Crippen LogP contribution in [0.3, 0.4) is 0 Å². The first kappa shape index (κ1) is 10.6. The fraction of sp³-hybridized carbons (Fsp3) is 0.200. The largest absolute Gasteiger partial charge is 0.320 e. The molecule has 0 spiro atoms. The Bertz CT molecular complexity index is 579. The van der Waals surface area contributed by atoms with Crippen molar-refractivity contribution in [2.45, 2.75) is 13.3 Å². The second kappa shape index (κ2) is 3.94. The van der Waals surface area contributed by atoms with E-state index >= 15 is 0 Å². The van der Waals surface area contributed by atoms with E-state index in [1.807, 2.05) is 13.0 Å². The number of fused-ring (bicyclic) bond motifs is 1. The fourth-order valence-electron chi connectivity index (χ4n) is 1.35. The molecule has 0 bridgehead atoms. The smallest absolute Gasteiger partial charge is 0.264 e. The lowest BCUT2D eigenvalue weighted by Crippen LogP contribution is -2.08. The molecule has 0 aromatic carbocycles. The molecule has 0 amide bonds. The molecule has 0 radical (unpaired) electrons. The minimum atomic E-state index is -0.234. The van der Waals surface area contributed by atoms with E-state index < -0.39 is 0 Å². The molecule has 0 unspecified atom stereocenters. The van der Waals surface area contributed by atoms with Crippen LogP contribution in [0.1, 0.15) is 12.5 Å². The highest BCUT2D eigenvalue weighted by Gasteiger charge is 2.09. The van der Waals surface area contributed by atoms with Gasteiger partial charge in [0.15, 0.2) is 0 Å². The second-order valence-corrected chi connectivity index (χ2v) is 4.35. The molecule has 0 saturated heterocycles. The Balaban J connectivity index is 2.86. The van der Waals surface area contributed by atoms with E-state index in [9.17, 15) is 4.79 Å². The number of nitrogens with zero attached hydrogens (tertiary/aromatic N) is 1. The predicted molar refractivity (Wildman–Crippen MR) is 64.5 cm³/mol. The molecule has 15 heavy (non-hydrogen) atoms. The normalized spacial score (nSPS) is 10.9. The van der Waals surface area contributed by atoms with E-state index in [2.05, 4.69) is 25.9 Å². The summed E-state index contributed by atoms with van der Waals surface area (Å²) in [5, 5.41) is 0.358. The quantitative estimate of drug-likeness (QED) is 0.876. The average Bonchev–Trinajstić information content (AvgIpc) is 2.25. The van der Waals surface area contributed by atoms with Crippen molar-refractivity contribution in [3.05, 3.63) is 37.7 Å². The molecule has 0 aliphatic rings. The summed E-state index contributed by atoms with van der Waals surface area (Å²) in [6.45, 7) is 2.03. The molecule has 2 aromatic rings. The Kier molecular flexibility index (Phi) is 2.80. The maximum atomic E-state index is 11.4. The molecule has 0 aliphatic heterocycles. The monoisotopic (exact) mass is 286 g/mol. The zero-order valence-corrected chi connectivity index (χ0v) is 10.3. The van der Waals surface area contributed by atoms with Crippen molar-refractivity contribution in [2.24, 2.45) is 0 Å². The van der Waals surface area contributed by atoms with Gasteiger partial charge in [-0.05, 0) is 34.0 Å². The molecule has 0 saturated carbocycles. The number of aryl methyl sites for hydroxylation is 1. The van der Waals surface area contributed by atoms with Gasteiger partial charge in [0, 0.05) is 6.20 Å². The van der Waals surface area contributed by atoms with Gasteiger partial charge in [-0.25, -0.2) is 0 Å². The van der Waals surface area contributed by atoms with Gasteiger partial charge in [-0.1, -0.05) is 18.5 Å². The van der Waals surface area contributed by atoms with Crippen molar-refractivity contribution in [3.63, 3.8) is 0 Å². The van der Waals surface area contributed by atoms with Gasteiger partial charge in [0.2, 0.25) is 0 Å². The van der Waals surface area contributed by atoms with Crippen LogP contribution in [0.4, 0.5) is 0 Å². The van der Waals surface area contributed by atoms with Gasteiger partial charge in [-0.3, -0.25) is 9.78 Å². The lowest BCUT2D eigenvalue weighted by Gasteiger charge is -2.03. The van der Waals surface area contributed by atoms with Crippen LogP contribution < -0.4 is 5.56 Å². The highest BCUT2D eigenvalue weighted by Crippen LogP contribution is 2.25. The molecule has 3 nitrogen and oxygen atoms in total. The van der Waals surface area contributed by atoms with Crippen LogP contribution in [-0.4, -0.2) is 9.97 Å². The molecule has 2 heterocycles. The molecule has 0 atom stereocenters. The molecular weight excluding hydrogens is 279 g/mol. The molecule has 2 aromatic heterocycles. The van der Waals surface area contributed by atoms with Gasteiger partial charge in [-0.15, -0.1) is 0 Å². The summed E-state index contributed by atoms with van der Waals surface area (Å²) < 4.78 is 0.327. The highest BCUT2D eigenvalue weighted by molar-refractivity contribution is 9.10. The SMILES string of the molecule is CCc1cnc2c(Cl)c(Br)c(=O)[nH]c2c1. The van der Waals surface area contributed by atoms with E-state index in [-0.39, 0.29) is 5.56 Å². The lowest BCUT2D eigenvalue weighted by atomic mass is 10.2. The third-order valence-electron chi connectivity index (χ3n) is 2.20. The Morgan fingerprint density at radius 1 is 1.60 bits per heavy atom. The molecular formula is C10H8BrClN2O. The Labute approximate surface area is 99.6 Å². The summed E-state index contributed by atoms with van der Waals surface area (Å²) in [4.78, 5) is 18.4. The first-order valence-corrected chi connectivity index (χ1v) is 5.66. The number of hydrogen-bond acceptors (Lipinski definition) is 2. The minimum absolute atomic E-state index is 0.234. The number of rotatable bonds is 1. The summed E-state index contributed by atoms with van der Waals surface area (Å²) >= 11 is 9.12. The summed E-state index contributed by atoms with van der Waals surface area (Å²) in [5.41, 5.74) is 2.12. The number of hydrogen-bond donors (Lipinski definition) is 1. The van der Waals surface area contributed by atoms with Gasteiger partial charge in [-0.2, -0.15) is 0 Å². The van der Waals surface area contributed by atoms with Crippen LogP contribution in [0.5, 0.6) is 0 Å². The third-order valence-corrected chi connectivity index (χ3v) is 3.55. The number of aromatic amines is 1. The van der Waals surface area contributed by atoms with Gasteiger partial charge < -0.3 is 4.98 Å². The maximum absolute atomic E-state index is 11.4. The van der Waals surface area contributed by atoms with Crippen molar-refractivity contribution in [1.82, 2.24) is 9.97 Å². The van der Waals surface area contributed by atoms with Crippen LogP contribution in [-0.2, 0) is 6.42 Å².